The maximum Gasteiger partial charge on any atom is 2.00 e. The van der Waals surface area contributed by atoms with Crippen molar-refractivity contribution in [3.8, 4) is 0 Å². The van der Waals surface area contributed by atoms with E-state index in [2.05, 4.69) is 11.2 Å². The van der Waals surface area contributed by atoms with E-state index in [1.54, 1.807) is 0 Å². The monoisotopic (exact) mass is 396 g/mol. The minimum absolute atomic E-state index is 0. The first-order valence-electron chi connectivity index (χ1n) is 4.62. The van der Waals surface area contributed by atoms with E-state index in [9.17, 15) is 18.9 Å². The van der Waals surface area contributed by atoms with Crippen molar-refractivity contribution in [1.29, 1.82) is 0 Å². The van der Waals surface area contributed by atoms with Gasteiger partial charge in [-0.1, -0.05) is 32.6 Å². The van der Waals surface area contributed by atoms with Gasteiger partial charge in [0.25, 0.3) is 0 Å². The van der Waals surface area contributed by atoms with E-state index in [4.69, 9.17) is 5.11 Å². The molecule has 0 aliphatic rings. The number of unbranched alkanes of at least 4 members (excludes halogenated alkanes) is 4. The van der Waals surface area contributed by atoms with Crippen molar-refractivity contribution in [2.45, 2.75) is 39.0 Å². The first-order valence-corrected chi connectivity index (χ1v) is 6.81. The number of hydrogen-bond donors (Lipinski definition) is 1. The third-order valence-electron chi connectivity index (χ3n) is 1.40. The zero-order valence-electron chi connectivity index (χ0n) is 9.33. The van der Waals surface area contributed by atoms with Crippen LogP contribution >= 0.6 is 16.5 Å². The molecule has 9 heteroatoms. The molecule has 16 heavy (non-hydrogen) atoms. The summed E-state index contributed by atoms with van der Waals surface area (Å²) in [4.78, 5) is 18.5. The fourth-order valence-electron chi connectivity index (χ4n) is 0.770. The second-order valence-electron chi connectivity index (χ2n) is 2.67. The van der Waals surface area contributed by atoms with E-state index in [-0.39, 0.29) is 48.9 Å². The Morgan fingerprint density at radius 2 is 1.50 bits per heavy atom. The van der Waals surface area contributed by atoms with Crippen molar-refractivity contribution in [1.82, 2.24) is 0 Å². The summed E-state index contributed by atoms with van der Waals surface area (Å²) < 4.78 is 21.6. The molecular formula is C7H16BaO6P2+2. The van der Waals surface area contributed by atoms with Gasteiger partial charge in [0.05, 0.1) is 0 Å². The van der Waals surface area contributed by atoms with Crippen LogP contribution < -0.4 is 9.79 Å². The Morgan fingerprint density at radius 1 is 1.06 bits per heavy atom. The molecule has 0 spiro atoms. The van der Waals surface area contributed by atoms with E-state index in [0.29, 0.717) is 6.61 Å². The summed E-state index contributed by atoms with van der Waals surface area (Å²) in [5.41, 5.74) is 0. The SMILES string of the molecule is CCCCCCCO.O=[P+]([O-])O[P+](=O)[O-].[Ba+2]. The van der Waals surface area contributed by atoms with Gasteiger partial charge in [-0.3, -0.25) is 0 Å². The molecule has 0 rings (SSSR count). The van der Waals surface area contributed by atoms with E-state index in [0.717, 1.165) is 6.42 Å². The molecule has 0 aliphatic carbocycles. The van der Waals surface area contributed by atoms with Gasteiger partial charge in [0.2, 0.25) is 0 Å². The zero-order valence-corrected chi connectivity index (χ0v) is 15.6. The van der Waals surface area contributed by atoms with Gasteiger partial charge in [-0.2, -0.15) is 0 Å². The summed E-state index contributed by atoms with van der Waals surface area (Å²) in [5.74, 6) is 0. The van der Waals surface area contributed by atoms with Crippen molar-refractivity contribution >= 4 is 65.4 Å². The predicted octanol–water partition coefficient (Wildman–Crippen LogP) is 0.607. The maximum absolute atomic E-state index is 9.24. The first kappa shape index (κ1) is 22.8. The van der Waals surface area contributed by atoms with Crippen molar-refractivity contribution in [3.05, 3.63) is 0 Å². The Bertz CT molecular complexity index is 162. The van der Waals surface area contributed by atoms with Crippen LogP contribution in [-0.2, 0) is 13.4 Å². The van der Waals surface area contributed by atoms with E-state index < -0.39 is 16.5 Å². The average molecular weight is 395 g/mol. The van der Waals surface area contributed by atoms with Crippen LogP contribution in [-0.4, -0.2) is 60.6 Å². The second-order valence-corrected chi connectivity index (χ2v) is 4.21. The Kier molecular flexibility index (Phi) is 27.0. The molecule has 0 aromatic heterocycles. The number of aliphatic hydroxyl groups is 1. The molecule has 6 nitrogen and oxygen atoms in total. The summed E-state index contributed by atoms with van der Waals surface area (Å²) >= 11 is 0. The molecule has 0 heterocycles. The molecule has 0 radical (unpaired) electrons. The normalized spacial score (nSPS) is 10.8. The third kappa shape index (κ3) is 29.6. The Morgan fingerprint density at radius 3 is 1.75 bits per heavy atom. The summed E-state index contributed by atoms with van der Waals surface area (Å²) in [6, 6.07) is 0. The molecule has 0 saturated heterocycles. The molecule has 0 bridgehead atoms. The minimum Gasteiger partial charge on any atom is -0.563 e. The smallest absolute Gasteiger partial charge is 0.563 e. The molecule has 90 valence electrons. The molecular weight excluding hydrogens is 379 g/mol. The maximum atomic E-state index is 9.24. The molecule has 0 fully saturated rings. The summed E-state index contributed by atoms with van der Waals surface area (Å²) in [5, 5.41) is 8.37. The van der Waals surface area contributed by atoms with Crippen LogP contribution in [0.3, 0.4) is 0 Å². The van der Waals surface area contributed by atoms with Gasteiger partial charge in [-0.25, -0.2) is 0 Å². The van der Waals surface area contributed by atoms with Crippen LogP contribution in [0.5, 0.6) is 0 Å². The molecule has 0 aromatic carbocycles. The van der Waals surface area contributed by atoms with Crippen LogP contribution in [0, 0.1) is 0 Å². The van der Waals surface area contributed by atoms with Gasteiger partial charge in [-0.05, 0) is 15.6 Å². The molecule has 2 atom stereocenters. The first-order chi connectivity index (χ1) is 7.04. The van der Waals surface area contributed by atoms with Gasteiger partial charge in [0.15, 0.2) is 0 Å². The molecule has 0 saturated carbocycles. The van der Waals surface area contributed by atoms with Crippen molar-refractivity contribution < 1.29 is 28.3 Å². The summed E-state index contributed by atoms with van der Waals surface area (Å²) in [6.07, 6.45) is 6.08. The van der Waals surface area contributed by atoms with Gasteiger partial charge in [0.1, 0.15) is 4.31 Å². The Balaban J connectivity index is -0.000000200. The molecule has 0 amide bonds. The van der Waals surface area contributed by atoms with E-state index >= 15 is 0 Å². The van der Waals surface area contributed by atoms with Crippen LogP contribution in [0.1, 0.15) is 39.0 Å². The minimum atomic E-state index is -3.24. The number of rotatable bonds is 7. The predicted molar refractivity (Wildman–Crippen MR) is 57.9 cm³/mol. The molecule has 1 N–H and O–H groups in total. The number of aliphatic hydroxyl groups excluding tert-OH is 1. The Hall–Kier alpha value is 1.61. The number of hydrogen-bond acceptors (Lipinski definition) is 6. The van der Waals surface area contributed by atoms with Gasteiger partial charge in [-0.15, -0.1) is 0 Å². The van der Waals surface area contributed by atoms with E-state index in [1.165, 1.54) is 25.7 Å². The van der Waals surface area contributed by atoms with Crippen LogP contribution in [0.2, 0.25) is 0 Å². The summed E-state index contributed by atoms with van der Waals surface area (Å²) in [6.45, 7) is 2.56. The molecule has 0 aliphatic heterocycles. The quantitative estimate of drug-likeness (QED) is 0.384. The fraction of sp³-hybridized carbons (Fsp3) is 1.00. The average Bonchev–Trinajstić information content (AvgIpc) is 2.11. The van der Waals surface area contributed by atoms with Crippen molar-refractivity contribution in [2.24, 2.45) is 0 Å². The third-order valence-corrected chi connectivity index (χ3v) is 2.46. The van der Waals surface area contributed by atoms with Gasteiger partial charge >= 0.3 is 65.4 Å². The largest absolute Gasteiger partial charge is 2.00 e. The Labute approximate surface area is 138 Å². The molecule has 2 unspecified atom stereocenters. The van der Waals surface area contributed by atoms with Crippen molar-refractivity contribution in [2.75, 3.05) is 6.61 Å². The van der Waals surface area contributed by atoms with Crippen LogP contribution in [0.25, 0.3) is 0 Å². The topological polar surface area (TPSA) is 110 Å². The standard InChI is InChI=1S/C7H16O.Ba.O5P2/c1-2-3-4-5-6-7-8;;1-6(2)5-7(3)4/h8H,2-7H2,1H3;;/q;+2;. The summed E-state index contributed by atoms with van der Waals surface area (Å²) in [7, 11) is -6.47. The fourth-order valence-corrected chi connectivity index (χ4v) is 1.21. The van der Waals surface area contributed by atoms with E-state index in [1.807, 2.05) is 0 Å². The van der Waals surface area contributed by atoms with Crippen LogP contribution in [0.4, 0.5) is 0 Å². The van der Waals surface area contributed by atoms with Crippen LogP contribution in [0.15, 0.2) is 0 Å². The van der Waals surface area contributed by atoms with Crippen molar-refractivity contribution in [3.63, 3.8) is 0 Å². The van der Waals surface area contributed by atoms with Gasteiger partial charge in [0, 0.05) is 6.61 Å². The molecule has 0 aromatic rings. The van der Waals surface area contributed by atoms with Gasteiger partial charge < -0.3 is 14.9 Å². The zero-order chi connectivity index (χ0) is 12.1. The second kappa shape index (κ2) is 19.0.